The Morgan fingerprint density at radius 3 is 3.12 bits per heavy atom. The number of aromatic nitrogens is 1. The van der Waals surface area contributed by atoms with Crippen molar-refractivity contribution >= 4 is 11.0 Å². The molecule has 1 aliphatic heterocycles. The molecule has 0 radical (unpaired) electrons. The molecule has 1 aromatic heterocycles. The molecule has 0 saturated carbocycles. The Hall–Kier alpha value is -1.49. The van der Waals surface area contributed by atoms with Crippen molar-refractivity contribution in [3.8, 4) is 0 Å². The Morgan fingerprint density at radius 2 is 2.35 bits per heavy atom. The van der Waals surface area contributed by atoms with Crippen LogP contribution in [-0.2, 0) is 6.54 Å². The average Bonchev–Trinajstić information content (AvgIpc) is 2.86. The summed E-state index contributed by atoms with van der Waals surface area (Å²) >= 11 is 0. The minimum absolute atomic E-state index is 0.342. The van der Waals surface area contributed by atoms with Crippen molar-refractivity contribution < 1.29 is 13.3 Å². The minimum Gasteiger partial charge on any atom is -0.356 e. The number of halogens is 2. The quantitative estimate of drug-likeness (QED) is 0.805. The lowest BCUT2D eigenvalue weighted by Gasteiger charge is -2.11. The number of likely N-dealkylation sites (tertiary alicyclic amines) is 1. The van der Waals surface area contributed by atoms with Gasteiger partial charge in [0.15, 0.2) is 5.58 Å². The van der Waals surface area contributed by atoms with E-state index in [1.54, 1.807) is 6.07 Å². The second-order valence-corrected chi connectivity index (χ2v) is 4.39. The van der Waals surface area contributed by atoms with Crippen LogP contribution >= 0.6 is 0 Å². The predicted molar refractivity (Wildman–Crippen MR) is 58.8 cm³/mol. The molecule has 1 unspecified atom stereocenters. The van der Waals surface area contributed by atoms with Gasteiger partial charge in [0.25, 0.3) is 0 Å². The van der Waals surface area contributed by atoms with E-state index in [-0.39, 0.29) is 5.82 Å². The first kappa shape index (κ1) is 10.7. The Labute approximate surface area is 97.0 Å². The van der Waals surface area contributed by atoms with E-state index in [1.807, 2.05) is 4.90 Å². The normalized spacial score (nSPS) is 21.4. The van der Waals surface area contributed by atoms with Crippen molar-refractivity contribution in [3.05, 3.63) is 29.7 Å². The number of benzene rings is 1. The molecule has 1 saturated heterocycles. The molecular formula is C12H12F2N2O. The number of hydrogen-bond acceptors (Lipinski definition) is 3. The average molecular weight is 238 g/mol. The summed E-state index contributed by atoms with van der Waals surface area (Å²) in [5.74, 6) is -0.342. The highest BCUT2D eigenvalue weighted by Crippen LogP contribution is 2.22. The Morgan fingerprint density at radius 1 is 1.47 bits per heavy atom. The van der Waals surface area contributed by atoms with Crippen molar-refractivity contribution in [2.75, 3.05) is 13.1 Å². The summed E-state index contributed by atoms with van der Waals surface area (Å²) in [5, 5.41) is 4.72. The number of alkyl halides is 1. The van der Waals surface area contributed by atoms with E-state index in [9.17, 15) is 8.78 Å². The molecule has 1 atom stereocenters. The second kappa shape index (κ2) is 4.07. The van der Waals surface area contributed by atoms with E-state index in [0.29, 0.717) is 25.1 Å². The smallest absolute Gasteiger partial charge is 0.170 e. The van der Waals surface area contributed by atoms with Crippen LogP contribution in [0.4, 0.5) is 8.78 Å². The molecule has 1 fully saturated rings. The van der Waals surface area contributed by atoms with E-state index >= 15 is 0 Å². The third-order valence-electron chi connectivity index (χ3n) is 3.10. The van der Waals surface area contributed by atoms with Gasteiger partial charge in [0, 0.05) is 31.1 Å². The van der Waals surface area contributed by atoms with Gasteiger partial charge in [-0.15, -0.1) is 0 Å². The number of hydrogen-bond donors (Lipinski definition) is 0. The molecule has 3 rings (SSSR count). The molecule has 2 aromatic rings. The van der Waals surface area contributed by atoms with Crippen LogP contribution in [0.25, 0.3) is 11.0 Å². The number of rotatable bonds is 2. The van der Waals surface area contributed by atoms with E-state index in [1.165, 1.54) is 12.1 Å². The molecule has 2 heterocycles. The van der Waals surface area contributed by atoms with Crippen molar-refractivity contribution in [2.45, 2.75) is 19.1 Å². The van der Waals surface area contributed by atoms with Gasteiger partial charge in [0.1, 0.15) is 17.7 Å². The summed E-state index contributed by atoms with van der Waals surface area (Å²) < 4.78 is 31.0. The fourth-order valence-corrected chi connectivity index (χ4v) is 2.22. The molecule has 0 bridgehead atoms. The Bertz CT molecular complexity index is 540. The van der Waals surface area contributed by atoms with Gasteiger partial charge >= 0.3 is 0 Å². The summed E-state index contributed by atoms with van der Waals surface area (Å²) in [5.41, 5.74) is 1.19. The Kier molecular flexibility index (Phi) is 2.55. The van der Waals surface area contributed by atoms with Gasteiger partial charge < -0.3 is 4.52 Å². The van der Waals surface area contributed by atoms with Gasteiger partial charge in [-0.25, -0.2) is 8.78 Å². The third-order valence-corrected chi connectivity index (χ3v) is 3.10. The van der Waals surface area contributed by atoms with Crippen molar-refractivity contribution in [1.82, 2.24) is 10.1 Å². The SMILES string of the molecule is Fc1ccc2c(CN3CCC(F)C3)noc2c1. The molecule has 3 nitrogen and oxygen atoms in total. The lowest BCUT2D eigenvalue weighted by Crippen LogP contribution is -2.20. The monoisotopic (exact) mass is 238 g/mol. The topological polar surface area (TPSA) is 29.3 Å². The highest BCUT2D eigenvalue weighted by Gasteiger charge is 2.23. The molecule has 1 aliphatic rings. The van der Waals surface area contributed by atoms with Crippen LogP contribution in [0.3, 0.4) is 0 Å². The summed E-state index contributed by atoms with van der Waals surface area (Å²) in [6.07, 6.45) is -0.171. The fraction of sp³-hybridized carbons (Fsp3) is 0.417. The molecule has 1 aromatic carbocycles. The molecule has 0 N–H and O–H groups in total. The lowest BCUT2D eigenvalue weighted by atomic mass is 10.2. The van der Waals surface area contributed by atoms with E-state index in [2.05, 4.69) is 5.16 Å². The largest absolute Gasteiger partial charge is 0.356 e. The summed E-state index contributed by atoms with van der Waals surface area (Å²) in [7, 11) is 0. The zero-order chi connectivity index (χ0) is 11.8. The van der Waals surface area contributed by atoms with Crippen LogP contribution in [0.1, 0.15) is 12.1 Å². The maximum absolute atomic E-state index is 13.0. The van der Waals surface area contributed by atoms with Crippen molar-refractivity contribution in [3.63, 3.8) is 0 Å². The summed E-state index contributed by atoms with van der Waals surface area (Å²) in [6, 6.07) is 4.35. The first-order valence-corrected chi connectivity index (χ1v) is 5.62. The van der Waals surface area contributed by atoms with Gasteiger partial charge in [-0.3, -0.25) is 4.90 Å². The van der Waals surface area contributed by atoms with Gasteiger partial charge in [0.05, 0.1) is 0 Å². The Balaban J connectivity index is 1.85. The first-order chi connectivity index (χ1) is 8.22. The maximum Gasteiger partial charge on any atom is 0.170 e. The molecule has 17 heavy (non-hydrogen) atoms. The highest BCUT2D eigenvalue weighted by molar-refractivity contribution is 5.79. The van der Waals surface area contributed by atoms with Gasteiger partial charge in [-0.2, -0.15) is 0 Å². The lowest BCUT2D eigenvalue weighted by molar-refractivity contribution is 0.276. The number of nitrogens with zero attached hydrogens (tertiary/aromatic N) is 2. The summed E-state index contributed by atoms with van der Waals surface area (Å²) in [4.78, 5) is 1.99. The third kappa shape index (κ3) is 2.02. The van der Waals surface area contributed by atoms with Crippen molar-refractivity contribution in [1.29, 1.82) is 0 Å². The molecule has 90 valence electrons. The first-order valence-electron chi connectivity index (χ1n) is 5.62. The maximum atomic E-state index is 13.0. The summed E-state index contributed by atoms with van der Waals surface area (Å²) in [6.45, 7) is 1.73. The van der Waals surface area contributed by atoms with Crippen LogP contribution < -0.4 is 0 Å². The second-order valence-electron chi connectivity index (χ2n) is 4.39. The molecule has 0 aliphatic carbocycles. The van der Waals surface area contributed by atoms with Crippen LogP contribution in [0, 0.1) is 5.82 Å². The van der Waals surface area contributed by atoms with E-state index in [4.69, 9.17) is 4.52 Å². The van der Waals surface area contributed by atoms with Crippen LogP contribution in [0.5, 0.6) is 0 Å². The highest BCUT2D eigenvalue weighted by atomic mass is 19.1. The van der Waals surface area contributed by atoms with Gasteiger partial charge in [-0.1, -0.05) is 5.16 Å². The zero-order valence-corrected chi connectivity index (χ0v) is 9.20. The van der Waals surface area contributed by atoms with Crippen molar-refractivity contribution in [2.24, 2.45) is 0 Å². The van der Waals surface area contributed by atoms with Crippen LogP contribution in [0.15, 0.2) is 22.7 Å². The van der Waals surface area contributed by atoms with E-state index < -0.39 is 6.17 Å². The van der Waals surface area contributed by atoms with Gasteiger partial charge in [-0.05, 0) is 18.6 Å². The molecule has 0 spiro atoms. The van der Waals surface area contributed by atoms with Crippen LogP contribution in [0.2, 0.25) is 0 Å². The zero-order valence-electron chi connectivity index (χ0n) is 9.20. The fourth-order valence-electron chi connectivity index (χ4n) is 2.22. The minimum atomic E-state index is -0.745. The molecular weight excluding hydrogens is 226 g/mol. The standard InChI is InChI=1S/C12H12F2N2O/c13-8-1-2-10-11(15-17-12(10)5-8)7-16-4-3-9(14)6-16/h1-2,5,9H,3-4,6-7H2. The predicted octanol–water partition coefficient (Wildman–Crippen LogP) is 2.51. The van der Waals surface area contributed by atoms with E-state index in [0.717, 1.165) is 17.6 Å². The molecule has 5 heteroatoms. The van der Waals surface area contributed by atoms with Gasteiger partial charge in [0.2, 0.25) is 0 Å². The molecule has 0 amide bonds. The number of fused-ring (bicyclic) bond motifs is 1. The van der Waals surface area contributed by atoms with Crippen LogP contribution in [-0.4, -0.2) is 29.3 Å².